The number of aromatic hydroxyl groups is 1. The third kappa shape index (κ3) is 3.93. The standard InChI is InChI=1S/C12H11NO5S.C2H6/c1-7(14)13-10-4-2-3-8-5-9(15)6-11(12(8)10)19(16,17)18;1-2/h2-6,15H,1H3,(H,13,14)(H,16,17,18);1-2H3. The van der Waals surface area contributed by atoms with E-state index < -0.39 is 15.0 Å². The van der Waals surface area contributed by atoms with Crippen LogP contribution >= 0.6 is 0 Å². The first-order chi connectivity index (χ1) is 9.79. The largest absolute Gasteiger partial charge is 0.508 e. The van der Waals surface area contributed by atoms with Crippen molar-refractivity contribution in [1.82, 2.24) is 0 Å². The van der Waals surface area contributed by atoms with E-state index in [4.69, 9.17) is 0 Å². The second-order valence-electron chi connectivity index (χ2n) is 4.00. The highest BCUT2D eigenvalue weighted by molar-refractivity contribution is 7.86. The number of phenolic OH excluding ortho intramolecular Hbond substituents is 1. The van der Waals surface area contributed by atoms with Gasteiger partial charge in [0.2, 0.25) is 5.91 Å². The van der Waals surface area contributed by atoms with E-state index in [2.05, 4.69) is 5.32 Å². The first-order valence-corrected chi connectivity index (χ1v) is 7.74. The molecular formula is C14H17NO5S. The van der Waals surface area contributed by atoms with E-state index in [1.54, 1.807) is 12.1 Å². The summed E-state index contributed by atoms with van der Waals surface area (Å²) in [5.41, 5.74) is 0.248. The highest BCUT2D eigenvalue weighted by Gasteiger charge is 2.18. The van der Waals surface area contributed by atoms with E-state index >= 15 is 0 Å². The smallest absolute Gasteiger partial charge is 0.295 e. The van der Waals surface area contributed by atoms with Crippen LogP contribution in [0.15, 0.2) is 35.2 Å². The Kier molecular flexibility index (Phi) is 5.28. The summed E-state index contributed by atoms with van der Waals surface area (Å²) >= 11 is 0. The van der Waals surface area contributed by atoms with Gasteiger partial charge in [0.25, 0.3) is 10.1 Å². The van der Waals surface area contributed by atoms with Gasteiger partial charge in [-0.2, -0.15) is 8.42 Å². The van der Waals surface area contributed by atoms with Gasteiger partial charge in [-0.3, -0.25) is 9.35 Å². The van der Waals surface area contributed by atoms with E-state index in [0.29, 0.717) is 5.39 Å². The summed E-state index contributed by atoms with van der Waals surface area (Å²) in [6.07, 6.45) is 0. The van der Waals surface area contributed by atoms with Crippen LogP contribution in [0, 0.1) is 0 Å². The number of amides is 1. The summed E-state index contributed by atoms with van der Waals surface area (Å²) in [6.45, 7) is 5.28. The fraction of sp³-hybridized carbons (Fsp3) is 0.214. The lowest BCUT2D eigenvalue weighted by molar-refractivity contribution is -0.114. The third-order valence-electron chi connectivity index (χ3n) is 2.51. The van der Waals surface area contributed by atoms with Crippen LogP contribution in [0.3, 0.4) is 0 Å². The number of carbonyl (C=O) groups is 1. The molecule has 0 saturated carbocycles. The quantitative estimate of drug-likeness (QED) is 0.740. The molecule has 0 heterocycles. The molecule has 7 heteroatoms. The zero-order valence-electron chi connectivity index (χ0n) is 11.9. The average Bonchev–Trinajstić information content (AvgIpc) is 2.38. The van der Waals surface area contributed by atoms with Gasteiger partial charge in [0.1, 0.15) is 10.6 Å². The molecule has 21 heavy (non-hydrogen) atoms. The second-order valence-corrected chi connectivity index (χ2v) is 5.39. The maximum atomic E-state index is 11.4. The molecule has 0 unspecified atom stereocenters. The highest BCUT2D eigenvalue weighted by Crippen LogP contribution is 2.33. The molecule has 0 aliphatic rings. The van der Waals surface area contributed by atoms with Crippen LogP contribution in [0.5, 0.6) is 5.75 Å². The molecule has 1 amide bonds. The Morgan fingerprint density at radius 2 is 1.81 bits per heavy atom. The molecule has 2 aromatic rings. The number of carbonyl (C=O) groups excluding carboxylic acids is 1. The van der Waals surface area contributed by atoms with Gasteiger partial charge < -0.3 is 10.4 Å². The molecule has 0 fully saturated rings. The summed E-state index contributed by atoms with van der Waals surface area (Å²) < 4.78 is 32.0. The minimum Gasteiger partial charge on any atom is -0.508 e. The van der Waals surface area contributed by atoms with E-state index in [1.807, 2.05) is 13.8 Å². The van der Waals surface area contributed by atoms with Gasteiger partial charge in [0.15, 0.2) is 0 Å². The van der Waals surface area contributed by atoms with Crippen molar-refractivity contribution < 1.29 is 22.9 Å². The maximum Gasteiger partial charge on any atom is 0.295 e. The Balaban J connectivity index is 0.00000106. The zero-order valence-corrected chi connectivity index (χ0v) is 12.7. The van der Waals surface area contributed by atoms with Gasteiger partial charge in [0, 0.05) is 24.1 Å². The highest BCUT2D eigenvalue weighted by atomic mass is 32.2. The minimum absolute atomic E-state index is 0.151. The number of benzene rings is 2. The van der Waals surface area contributed by atoms with Gasteiger partial charge in [-0.05, 0) is 17.5 Å². The molecule has 0 aliphatic carbocycles. The Morgan fingerprint density at radius 1 is 1.19 bits per heavy atom. The van der Waals surface area contributed by atoms with E-state index in [1.165, 1.54) is 19.1 Å². The summed E-state index contributed by atoms with van der Waals surface area (Å²) in [5.74, 6) is -0.665. The Labute approximate surface area is 123 Å². The van der Waals surface area contributed by atoms with Crippen molar-refractivity contribution in [3.05, 3.63) is 30.3 Å². The third-order valence-corrected chi connectivity index (χ3v) is 3.39. The lowest BCUT2D eigenvalue weighted by Crippen LogP contribution is -2.08. The van der Waals surface area contributed by atoms with Crippen molar-refractivity contribution in [2.45, 2.75) is 25.7 Å². The fourth-order valence-electron chi connectivity index (χ4n) is 1.87. The topological polar surface area (TPSA) is 104 Å². The predicted molar refractivity (Wildman–Crippen MR) is 81.1 cm³/mol. The van der Waals surface area contributed by atoms with Crippen molar-refractivity contribution in [2.75, 3.05) is 5.32 Å². The molecule has 114 valence electrons. The SMILES string of the molecule is CC.CC(=O)Nc1cccc2cc(O)cc(S(=O)(=O)O)c12. The Morgan fingerprint density at radius 3 is 2.33 bits per heavy atom. The molecular weight excluding hydrogens is 294 g/mol. The molecule has 6 nitrogen and oxygen atoms in total. The number of fused-ring (bicyclic) bond motifs is 1. The summed E-state index contributed by atoms with van der Waals surface area (Å²) in [6, 6.07) is 6.95. The number of nitrogens with one attached hydrogen (secondary N) is 1. The summed E-state index contributed by atoms with van der Waals surface area (Å²) in [5, 5.41) is 12.5. The van der Waals surface area contributed by atoms with Crippen LogP contribution in [0.25, 0.3) is 10.8 Å². The number of rotatable bonds is 2. The molecule has 0 spiro atoms. The number of hydrogen-bond donors (Lipinski definition) is 3. The number of hydrogen-bond acceptors (Lipinski definition) is 4. The zero-order chi connectivity index (χ0) is 16.2. The molecule has 2 aromatic carbocycles. The summed E-state index contributed by atoms with van der Waals surface area (Å²) in [4.78, 5) is 10.7. The summed E-state index contributed by atoms with van der Waals surface area (Å²) in [7, 11) is -4.52. The molecule has 0 bridgehead atoms. The molecule has 0 atom stereocenters. The molecule has 0 aliphatic heterocycles. The van der Waals surface area contributed by atoms with Gasteiger partial charge in [0.05, 0.1) is 0 Å². The van der Waals surface area contributed by atoms with Crippen molar-refractivity contribution in [2.24, 2.45) is 0 Å². The Bertz CT molecular complexity index is 768. The van der Waals surface area contributed by atoms with Crippen molar-refractivity contribution in [3.8, 4) is 5.75 Å². The monoisotopic (exact) mass is 311 g/mol. The van der Waals surface area contributed by atoms with Gasteiger partial charge >= 0.3 is 0 Å². The maximum absolute atomic E-state index is 11.4. The lowest BCUT2D eigenvalue weighted by atomic mass is 10.1. The van der Waals surface area contributed by atoms with Crippen LogP contribution in [0.2, 0.25) is 0 Å². The lowest BCUT2D eigenvalue weighted by Gasteiger charge is -2.11. The molecule has 0 radical (unpaired) electrons. The van der Waals surface area contributed by atoms with Crippen LogP contribution in [-0.4, -0.2) is 24.0 Å². The molecule has 0 saturated heterocycles. The van der Waals surface area contributed by atoms with E-state index in [9.17, 15) is 22.9 Å². The molecule has 0 aromatic heterocycles. The van der Waals surface area contributed by atoms with Crippen molar-refractivity contribution in [3.63, 3.8) is 0 Å². The first kappa shape index (κ1) is 16.9. The van der Waals surface area contributed by atoms with Crippen LogP contribution in [0.1, 0.15) is 20.8 Å². The molecule has 2 rings (SSSR count). The van der Waals surface area contributed by atoms with E-state index in [-0.39, 0.29) is 22.7 Å². The van der Waals surface area contributed by atoms with Gasteiger partial charge in [-0.15, -0.1) is 0 Å². The Hall–Kier alpha value is -2.12. The van der Waals surface area contributed by atoms with Crippen molar-refractivity contribution >= 4 is 32.5 Å². The van der Waals surface area contributed by atoms with Gasteiger partial charge in [-0.1, -0.05) is 26.0 Å². The minimum atomic E-state index is -4.52. The van der Waals surface area contributed by atoms with Crippen LogP contribution < -0.4 is 5.32 Å². The van der Waals surface area contributed by atoms with Crippen molar-refractivity contribution in [1.29, 1.82) is 0 Å². The number of anilines is 1. The van der Waals surface area contributed by atoms with Gasteiger partial charge in [-0.25, -0.2) is 0 Å². The number of phenols is 1. The normalized spacial score (nSPS) is 10.7. The predicted octanol–water partition coefficient (Wildman–Crippen LogP) is 2.78. The second kappa shape index (κ2) is 6.55. The van der Waals surface area contributed by atoms with E-state index in [0.717, 1.165) is 6.07 Å². The van der Waals surface area contributed by atoms with Crippen LogP contribution in [0.4, 0.5) is 5.69 Å². The fourth-order valence-corrected chi connectivity index (χ4v) is 2.63. The molecule has 3 N–H and O–H groups in total. The van der Waals surface area contributed by atoms with Crippen LogP contribution in [-0.2, 0) is 14.9 Å². The average molecular weight is 311 g/mol. The first-order valence-electron chi connectivity index (χ1n) is 6.30.